The van der Waals surface area contributed by atoms with Gasteiger partial charge >= 0.3 is 12.1 Å². The molecule has 1 aliphatic rings. The Hall–Kier alpha value is -3.95. The molecule has 0 saturated carbocycles. The number of halogens is 4. The fourth-order valence-corrected chi connectivity index (χ4v) is 3.16. The number of allylic oxidation sites excluding steroid dienone is 1. The maximum absolute atomic E-state index is 12.9. The molecule has 36 heavy (non-hydrogen) atoms. The standard InChI is InChI=1S/C21H20ClN5O2.C2HF3O2/c22-16-4-6-19(25-13-16)27-21(29)17-12-14(2-1-9-23)3-5-18(17)26-20(28)15-7-10-24-11-8-15;3-2(4,5)1(6)7/h1-6,12-13,15,24H,7-8,10-11H2,(H,26,28)(H,25,27,29);(H,6,7)/b2-1+;. The van der Waals surface area contributed by atoms with Crippen molar-refractivity contribution in [2.24, 2.45) is 5.92 Å². The molecule has 9 nitrogen and oxygen atoms in total. The average molecular weight is 524 g/mol. The number of nitrogens with one attached hydrogen (secondary N) is 3. The largest absolute Gasteiger partial charge is 0.490 e. The van der Waals surface area contributed by atoms with Gasteiger partial charge < -0.3 is 21.1 Å². The van der Waals surface area contributed by atoms with Gasteiger partial charge in [0.05, 0.1) is 22.3 Å². The highest BCUT2D eigenvalue weighted by Crippen LogP contribution is 2.23. The van der Waals surface area contributed by atoms with E-state index in [2.05, 4.69) is 20.9 Å². The SMILES string of the molecule is N#C/C=C/c1ccc(NC(=O)C2CCNCC2)c(C(=O)Nc2ccc(Cl)cn2)c1.O=C(O)C(F)(F)F. The van der Waals surface area contributed by atoms with Crippen molar-refractivity contribution < 1.29 is 32.7 Å². The molecular formula is C23H21ClF3N5O4. The van der Waals surface area contributed by atoms with Gasteiger partial charge in [0.25, 0.3) is 5.91 Å². The molecule has 0 aliphatic carbocycles. The van der Waals surface area contributed by atoms with E-state index >= 15 is 0 Å². The molecule has 0 unspecified atom stereocenters. The van der Waals surface area contributed by atoms with Gasteiger partial charge in [0.15, 0.2) is 0 Å². The molecule has 1 fully saturated rings. The van der Waals surface area contributed by atoms with Crippen molar-refractivity contribution in [3.05, 3.63) is 58.8 Å². The third kappa shape index (κ3) is 9.01. The molecule has 4 N–H and O–H groups in total. The number of aliphatic carboxylic acids is 1. The number of hydrogen-bond donors (Lipinski definition) is 4. The predicted molar refractivity (Wildman–Crippen MR) is 126 cm³/mol. The number of nitriles is 1. The number of amides is 2. The first-order valence-electron chi connectivity index (χ1n) is 10.5. The summed E-state index contributed by atoms with van der Waals surface area (Å²) in [6.07, 6.45) is 0.778. The van der Waals surface area contributed by atoms with Crippen LogP contribution in [0.25, 0.3) is 6.08 Å². The number of nitrogens with zero attached hydrogens (tertiary/aromatic N) is 2. The zero-order valence-corrected chi connectivity index (χ0v) is 19.4. The lowest BCUT2D eigenvalue weighted by Crippen LogP contribution is -2.35. The lowest BCUT2D eigenvalue weighted by molar-refractivity contribution is -0.192. The van der Waals surface area contributed by atoms with Gasteiger partial charge in [-0.05, 0) is 61.8 Å². The van der Waals surface area contributed by atoms with Gasteiger partial charge in [-0.15, -0.1) is 0 Å². The number of benzene rings is 1. The van der Waals surface area contributed by atoms with Gasteiger partial charge in [-0.25, -0.2) is 9.78 Å². The topological polar surface area (TPSA) is 144 Å². The van der Waals surface area contributed by atoms with Crippen molar-refractivity contribution in [3.63, 3.8) is 0 Å². The molecule has 0 bridgehead atoms. The number of aromatic nitrogens is 1. The van der Waals surface area contributed by atoms with E-state index in [0.717, 1.165) is 25.9 Å². The van der Waals surface area contributed by atoms with Crippen LogP contribution in [0.1, 0.15) is 28.8 Å². The van der Waals surface area contributed by atoms with Gasteiger partial charge in [-0.2, -0.15) is 18.4 Å². The van der Waals surface area contributed by atoms with E-state index < -0.39 is 18.1 Å². The minimum atomic E-state index is -5.08. The zero-order valence-electron chi connectivity index (χ0n) is 18.6. The number of pyridine rings is 1. The van der Waals surface area contributed by atoms with Gasteiger partial charge in [0, 0.05) is 18.2 Å². The second-order valence-electron chi connectivity index (χ2n) is 7.40. The van der Waals surface area contributed by atoms with Crippen LogP contribution in [0.4, 0.5) is 24.7 Å². The van der Waals surface area contributed by atoms with Gasteiger partial charge in [-0.1, -0.05) is 17.7 Å². The second kappa shape index (κ2) is 13.2. The highest BCUT2D eigenvalue weighted by Gasteiger charge is 2.38. The molecule has 0 atom stereocenters. The first-order valence-corrected chi connectivity index (χ1v) is 10.8. The lowest BCUT2D eigenvalue weighted by Gasteiger charge is -2.22. The molecule has 190 valence electrons. The third-order valence-corrected chi connectivity index (χ3v) is 5.04. The number of carboxylic acids is 1. The molecule has 2 amide bonds. The van der Waals surface area contributed by atoms with E-state index in [1.165, 1.54) is 12.3 Å². The van der Waals surface area contributed by atoms with Gasteiger partial charge in [-0.3, -0.25) is 9.59 Å². The molecule has 2 heterocycles. The summed E-state index contributed by atoms with van der Waals surface area (Å²) in [4.78, 5) is 38.5. The second-order valence-corrected chi connectivity index (χ2v) is 7.84. The Morgan fingerprint density at radius 2 is 1.83 bits per heavy atom. The summed E-state index contributed by atoms with van der Waals surface area (Å²) in [7, 11) is 0. The Morgan fingerprint density at radius 3 is 2.39 bits per heavy atom. The zero-order chi connectivity index (χ0) is 26.7. The Morgan fingerprint density at radius 1 is 1.17 bits per heavy atom. The molecule has 1 aliphatic heterocycles. The molecule has 2 aromatic rings. The Bertz CT molecular complexity index is 1160. The summed E-state index contributed by atoms with van der Waals surface area (Å²) in [5, 5.41) is 25.1. The Balaban J connectivity index is 0.000000572. The first-order chi connectivity index (χ1) is 17.0. The fraction of sp³-hybridized carbons (Fsp3) is 0.261. The minimum Gasteiger partial charge on any atom is -0.475 e. The number of alkyl halides is 3. The van der Waals surface area contributed by atoms with Crippen molar-refractivity contribution in [1.29, 1.82) is 5.26 Å². The molecule has 1 saturated heterocycles. The summed E-state index contributed by atoms with van der Waals surface area (Å²) in [6.45, 7) is 1.59. The lowest BCUT2D eigenvalue weighted by atomic mass is 9.97. The Kier molecular flexibility index (Phi) is 10.4. The maximum Gasteiger partial charge on any atom is 0.490 e. The van der Waals surface area contributed by atoms with Crippen LogP contribution in [0.2, 0.25) is 5.02 Å². The van der Waals surface area contributed by atoms with Crippen LogP contribution in [-0.4, -0.2) is 47.1 Å². The van der Waals surface area contributed by atoms with Crippen LogP contribution in [0, 0.1) is 17.2 Å². The van der Waals surface area contributed by atoms with E-state index in [-0.39, 0.29) is 17.4 Å². The molecule has 1 aromatic carbocycles. The number of piperidine rings is 1. The number of carboxylic acid groups (broad SMARTS) is 1. The quantitative estimate of drug-likeness (QED) is 0.432. The highest BCUT2D eigenvalue weighted by molar-refractivity contribution is 6.30. The number of carbonyl (C=O) groups is 3. The van der Waals surface area contributed by atoms with Crippen molar-refractivity contribution >= 4 is 47.0 Å². The van der Waals surface area contributed by atoms with Crippen molar-refractivity contribution in [2.75, 3.05) is 23.7 Å². The van der Waals surface area contributed by atoms with Crippen molar-refractivity contribution in [2.45, 2.75) is 19.0 Å². The molecule has 0 radical (unpaired) electrons. The maximum atomic E-state index is 12.9. The molecule has 3 rings (SSSR count). The summed E-state index contributed by atoms with van der Waals surface area (Å²) >= 11 is 5.83. The molecule has 1 aromatic heterocycles. The fourth-order valence-electron chi connectivity index (χ4n) is 3.05. The monoisotopic (exact) mass is 523 g/mol. The highest BCUT2D eigenvalue weighted by atomic mass is 35.5. The summed E-state index contributed by atoms with van der Waals surface area (Å²) in [5.41, 5.74) is 1.36. The van der Waals surface area contributed by atoms with E-state index in [4.69, 9.17) is 26.8 Å². The van der Waals surface area contributed by atoms with E-state index in [1.54, 1.807) is 36.4 Å². The van der Waals surface area contributed by atoms with Crippen molar-refractivity contribution in [3.8, 4) is 6.07 Å². The molecule has 13 heteroatoms. The molecular weight excluding hydrogens is 503 g/mol. The summed E-state index contributed by atoms with van der Waals surface area (Å²) < 4.78 is 31.7. The number of rotatable bonds is 5. The van der Waals surface area contributed by atoms with Crippen LogP contribution in [0.3, 0.4) is 0 Å². The number of anilines is 2. The van der Waals surface area contributed by atoms with Crippen LogP contribution >= 0.6 is 11.6 Å². The average Bonchev–Trinajstić information content (AvgIpc) is 2.85. The van der Waals surface area contributed by atoms with Crippen LogP contribution in [0.15, 0.2) is 42.6 Å². The van der Waals surface area contributed by atoms with Crippen LogP contribution in [-0.2, 0) is 9.59 Å². The van der Waals surface area contributed by atoms with Crippen molar-refractivity contribution in [1.82, 2.24) is 10.3 Å². The Labute approximate surface area is 209 Å². The van der Waals surface area contributed by atoms with Crippen LogP contribution < -0.4 is 16.0 Å². The smallest absolute Gasteiger partial charge is 0.475 e. The van der Waals surface area contributed by atoms with E-state index in [1.807, 2.05) is 6.07 Å². The predicted octanol–water partition coefficient (Wildman–Crippen LogP) is 4.10. The normalized spacial score (nSPS) is 13.8. The minimum absolute atomic E-state index is 0.0942. The van der Waals surface area contributed by atoms with E-state index in [9.17, 15) is 22.8 Å². The summed E-state index contributed by atoms with van der Waals surface area (Å²) in [6, 6.07) is 10.2. The van der Waals surface area contributed by atoms with Crippen LogP contribution in [0.5, 0.6) is 0 Å². The number of hydrogen-bond acceptors (Lipinski definition) is 6. The third-order valence-electron chi connectivity index (χ3n) is 4.82. The number of carbonyl (C=O) groups excluding carboxylic acids is 2. The molecule has 0 spiro atoms. The van der Waals surface area contributed by atoms with Gasteiger partial charge in [0.1, 0.15) is 5.82 Å². The van der Waals surface area contributed by atoms with E-state index in [0.29, 0.717) is 22.1 Å². The summed E-state index contributed by atoms with van der Waals surface area (Å²) in [5.74, 6) is -3.04. The van der Waals surface area contributed by atoms with Gasteiger partial charge in [0.2, 0.25) is 5.91 Å². The first kappa shape index (κ1) is 28.3.